The normalized spacial score (nSPS) is 12.2. The van der Waals surface area contributed by atoms with Crippen LogP contribution in [0.1, 0.15) is 41.8 Å². The molecule has 0 aliphatic rings. The van der Waals surface area contributed by atoms with Crippen molar-refractivity contribution in [3.63, 3.8) is 0 Å². The summed E-state index contributed by atoms with van der Waals surface area (Å²) in [5.41, 5.74) is -1.03. The van der Waals surface area contributed by atoms with E-state index >= 15 is 0 Å². The van der Waals surface area contributed by atoms with E-state index in [1.54, 1.807) is 20.2 Å². The van der Waals surface area contributed by atoms with Gasteiger partial charge in [-0.2, -0.15) is 0 Å². The number of carbonyl (C=O) groups excluding carboxylic acids is 1. The molecule has 0 aliphatic heterocycles. The Hall–Kier alpha value is -3.07. The quantitative estimate of drug-likeness (QED) is 0.340. The lowest BCUT2D eigenvalue weighted by molar-refractivity contribution is 0.0824. The highest BCUT2D eigenvalue weighted by atomic mass is 79.9. The van der Waals surface area contributed by atoms with E-state index in [0.717, 1.165) is 5.76 Å². The Labute approximate surface area is 187 Å². The van der Waals surface area contributed by atoms with Crippen molar-refractivity contribution >= 4 is 38.9 Å². The van der Waals surface area contributed by atoms with Crippen LogP contribution >= 0.6 is 15.9 Å². The minimum Gasteiger partial charge on any atom is -0.505 e. The number of halogens is 1. The molecule has 1 amide bonds. The Morgan fingerprint density at radius 2 is 1.74 bits per heavy atom. The van der Waals surface area contributed by atoms with Crippen LogP contribution in [0, 0.1) is 12.8 Å². The first-order chi connectivity index (χ1) is 14.5. The number of anilines is 3. The molecule has 0 fully saturated rings. The number of phenolic OH excluding ortho intramolecular Hbond substituents is 1. The standard InChI is InChI=1S/C22H24BrN3O5/c1-10(2)16(14-9-6-11(3)31-14)25-18-17(20(28)21(18)29)24-13-8-7-12(23)15(19(13)27)22(30)26(4)5/h6-10,16,24-25,27H,1-5H3/t16-/m1/s1. The van der Waals surface area contributed by atoms with Crippen molar-refractivity contribution in [2.75, 3.05) is 24.7 Å². The van der Waals surface area contributed by atoms with Gasteiger partial charge in [0, 0.05) is 18.6 Å². The van der Waals surface area contributed by atoms with Crippen molar-refractivity contribution in [3.05, 3.63) is 66.3 Å². The van der Waals surface area contributed by atoms with Crippen molar-refractivity contribution in [2.45, 2.75) is 26.8 Å². The second-order valence-corrected chi connectivity index (χ2v) is 8.72. The summed E-state index contributed by atoms with van der Waals surface area (Å²) in [6.07, 6.45) is 0. The molecule has 31 heavy (non-hydrogen) atoms. The number of hydrogen-bond donors (Lipinski definition) is 3. The Morgan fingerprint density at radius 1 is 1.10 bits per heavy atom. The number of hydrogen-bond acceptors (Lipinski definition) is 7. The summed E-state index contributed by atoms with van der Waals surface area (Å²) in [4.78, 5) is 38.3. The van der Waals surface area contributed by atoms with Crippen LogP contribution in [-0.4, -0.2) is 30.0 Å². The third kappa shape index (κ3) is 4.23. The van der Waals surface area contributed by atoms with E-state index in [2.05, 4.69) is 26.6 Å². The fourth-order valence-electron chi connectivity index (χ4n) is 3.22. The van der Waals surface area contributed by atoms with Crippen LogP contribution in [0.5, 0.6) is 5.75 Å². The molecule has 0 saturated heterocycles. The molecule has 3 N–H and O–H groups in total. The fourth-order valence-corrected chi connectivity index (χ4v) is 3.71. The summed E-state index contributed by atoms with van der Waals surface area (Å²) in [6, 6.07) is 6.42. The first-order valence-corrected chi connectivity index (χ1v) is 10.5. The molecule has 164 valence electrons. The number of aryl methyl sites for hydroxylation is 1. The summed E-state index contributed by atoms with van der Waals surface area (Å²) >= 11 is 3.27. The minimum atomic E-state index is -0.705. The smallest absolute Gasteiger partial charge is 0.258 e. The van der Waals surface area contributed by atoms with Crippen LogP contribution in [-0.2, 0) is 0 Å². The molecule has 0 spiro atoms. The van der Waals surface area contributed by atoms with Crippen molar-refractivity contribution in [1.82, 2.24) is 4.90 Å². The maximum atomic E-state index is 12.4. The topological polar surface area (TPSA) is 112 Å². The highest BCUT2D eigenvalue weighted by molar-refractivity contribution is 9.10. The van der Waals surface area contributed by atoms with Crippen LogP contribution in [0.2, 0.25) is 0 Å². The van der Waals surface area contributed by atoms with Gasteiger partial charge in [0.2, 0.25) is 0 Å². The van der Waals surface area contributed by atoms with Crippen LogP contribution in [0.15, 0.2) is 42.7 Å². The van der Waals surface area contributed by atoms with Crippen molar-refractivity contribution < 1.29 is 14.3 Å². The maximum Gasteiger partial charge on any atom is 0.258 e. The lowest BCUT2D eigenvalue weighted by Gasteiger charge is -2.24. The minimum absolute atomic E-state index is 0.0276. The number of nitrogens with one attached hydrogen (secondary N) is 2. The molecule has 8 nitrogen and oxygen atoms in total. The van der Waals surface area contributed by atoms with E-state index in [-0.39, 0.29) is 40.3 Å². The number of amides is 1. The zero-order valence-electron chi connectivity index (χ0n) is 17.9. The molecule has 2 aromatic carbocycles. The second-order valence-electron chi connectivity index (χ2n) is 7.87. The lowest BCUT2D eigenvalue weighted by Crippen LogP contribution is -2.38. The van der Waals surface area contributed by atoms with Gasteiger partial charge in [-0.1, -0.05) is 13.8 Å². The van der Waals surface area contributed by atoms with Crippen LogP contribution in [0.25, 0.3) is 0 Å². The Balaban J connectivity index is 1.96. The van der Waals surface area contributed by atoms with Crippen molar-refractivity contribution in [1.29, 1.82) is 0 Å². The highest BCUT2D eigenvalue weighted by Crippen LogP contribution is 2.37. The fraction of sp³-hybridized carbons (Fsp3) is 0.318. The number of benzene rings is 1. The largest absolute Gasteiger partial charge is 0.505 e. The third-order valence-electron chi connectivity index (χ3n) is 4.95. The Bertz CT molecular complexity index is 1200. The molecule has 0 radical (unpaired) electrons. The van der Waals surface area contributed by atoms with Crippen LogP contribution in [0.3, 0.4) is 0 Å². The van der Waals surface area contributed by atoms with Gasteiger partial charge in [0.05, 0.1) is 17.3 Å². The van der Waals surface area contributed by atoms with E-state index in [1.165, 1.54) is 11.0 Å². The number of aromatic hydroxyl groups is 1. The van der Waals surface area contributed by atoms with E-state index in [4.69, 9.17) is 4.42 Å². The molecule has 1 atom stereocenters. The molecule has 3 rings (SSSR count). The monoisotopic (exact) mass is 489 g/mol. The summed E-state index contributed by atoms with van der Waals surface area (Å²) in [5.74, 6) is 0.715. The van der Waals surface area contributed by atoms with Gasteiger partial charge in [0.1, 0.15) is 22.9 Å². The highest BCUT2D eigenvalue weighted by Gasteiger charge is 2.28. The maximum absolute atomic E-state index is 12.4. The average Bonchev–Trinajstić information content (AvgIpc) is 3.13. The van der Waals surface area contributed by atoms with E-state index in [0.29, 0.717) is 10.2 Å². The molecular weight excluding hydrogens is 466 g/mol. The van der Waals surface area contributed by atoms with Gasteiger partial charge in [-0.15, -0.1) is 0 Å². The predicted octanol–water partition coefficient (Wildman–Crippen LogP) is 3.91. The lowest BCUT2D eigenvalue weighted by atomic mass is 10.0. The summed E-state index contributed by atoms with van der Waals surface area (Å²) in [7, 11) is 3.13. The van der Waals surface area contributed by atoms with Gasteiger partial charge in [-0.3, -0.25) is 14.4 Å². The van der Waals surface area contributed by atoms with Gasteiger partial charge in [0.15, 0.2) is 5.75 Å². The van der Waals surface area contributed by atoms with Gasteiger partial charge in [-0.05, 0) is 53.0 Å². The first-order valence-electron chi connectivity index (χ1n) is 9.69. The summed E-state index contributed by atoms with van der Waals surface area (Å²) < 4.78 is 6.11. The molecule has 0 unspecified atom stereocenters. The molecule has 1 aromatic heterocycles. The van der Waals surface area contributed by atoms with Gasteiger partial charge < -0.3 is 25.1 Å². The number of rotatable bonds is 7. The molecule has 1 heterocycles. The van der Waals surface area contributed by atoms with Crippen molar-refractivity contribution in [3.8, 4) is 5.75 Å². The van der Waals surface area contributed by atoms with Crippen molar-refractivity contribution in [2.24, 2.45) is 5.92 Å². The number of nitrogens with zero attached hydrogens (tertiary/aromatic N) is 1. The van der Waals surface area contributed by atoms with E-state index < -0.39 is 16.8 Å². The summed E-state index contributed by atoms with van der Waals surface area (Å²) in [6.45, 7) is 5.76. The SMILES string of the molecule is Cc1ccc([C@H](Nc2c(Nc3ccc(Br)c(C(=O)N(C)C)c3O)c(=O)c2=O)C(C)C)o1. The molecule has 0 bridgehead atoms. The molecule has 3 aromatic rings. The number of phenols is 1. The van der Waals surface area contributed by atoms with Crippen LogP contribution < -0.4 is 21.5 Å². The molecule has 0 saturated carbocycles. The molecule has 0 aliphatic carbocycles. The molecular formula is C22H24BrN3O5. The second kappa shape index (κ2) is 8.58. The average molecular weight is 490 g/mol. The zero-order valence-corrected chi connectivity index (χ0v) is 19.5. The van der Waals surface area contributed by atoms with E-state index in [9.17, 15) is 19.5 Å². The number of furan rings is 1. The van der Waals surface area contributed by atoms with Gasteiger partial charge >= 0.3 is 0 Å². The van der Waals surface area contributed by atoms with Crippen LogP contribution in [0.4, 0.5) is 17.1 Å². The Kier molecular flexibility index (Phi) is 6.26. The zero-order chi connectivity index (χ0) is 23.0. The van der Waals surface area contributed by atoms with E-state index in [1.807, 2.05) is 32.9 Å². The summed E-state index contributed by atoms with van der Waals surface area (Å²) in [5, 5.41) is 16.6. The Morgan fingerprint density at radius 3 is 2.29 bits per heavy atom. The first kappa shape index (κ1) is 22.6. The number of carbonyl (C=O) groups is 1. The third-order valence-corrected chi connectivity index (χ3v) is 5.61. The predicted molar refractivity (Wildman–Crippen MR) is 123 cm³/mol. The van der Waals surface area contributed by atoms with Gasteiger partial charge in [-0.25, -0.2) is 0 Å². The van der Waals surface area contributed by atoms with Gasteiger partial charge in [0.25, 0.3) is 16.8 Å². The molecule has 9 heteroatoms.